The van der Waals surface area contributed by atoms with Crippen LogP contribution in [0.5, 0.6) is 0 Å². The summed E-state index contributed by atoms with van der Waals surface area (Å²) in [6.45, 7) is 5.05. The molecule has 5 nitrogen and oxygen atoms in total. The maximum Gasteiger partial charge on any atom is 0.242 e. The number of piperidine rings is 1. The molecule has 3 rings (SSSR count). The van der Waals surface area contributed by atoms with Gasteiger partial charge in [0.25, 0.3) is 0 Å². The van der Waals surface area contributed by atoms with Gasteiger partial charge < -0.3 is 15.4 Å². The number of halogens is 1. The molecule has 6 heteroatoms. The molecule has 0 aromatic heterocycles. The molecule has 1 amide bonds. The monoisotopic (exact) mass is 335 g/mol. The number of hydrogen-bond donors (Lipinski definition) is 2. The first-order valence-electron chi connectivity index (χ1n) is 8.80. The molecule has 0 spiro atoms. The minimum Gasteiger partial charge on any atom is -0.379 e. The number of carbonyl (C=O) groups is 1. The number of benzene rings is 1. The highest BCUT2D eigenvalue weighted by molar-refractivity contribution is 5.83. The fourth-order valence-electron chi connectivity index (χ4n) is 3.48. The van der Waals surface area contributed by atoms with Crippen LogP contribution in [0.15, 0.2) is 24.3 Å². The first kappa shape index (κ1) is 17.3. The first-order chi connectivity index (χ1) is 11.8. The fraction of sp³-hybridized carbons (Fsp3) is 0.611. The van der Waals surface area contributed by atoms with E-state index in [1.165, 1.54) is 6.07 Å². The van der Waals surface area contributed by atoms with Crippen molar-refractivity contribution in [2.45, 2.75) is 18.9 Å². The average Bonchev–Trinajstić information content (AvgIpc) is 2.64. The van der Waals surface area contributed by atoms with Crippen LogP contribution < -0.4 is 10.6 Å². The van der Waals surface area contributed by atoms with E-state index in [0.29, 0.717) is 44.3 Å². The molecule has 2 heterocycles. The second-order valence-corrected chi connectivity index (χ2v) is 6.53. The second kappa shape index (κ2) is 8.55. The molecule has 0 radical (unpaired) electrons. The van der Waals surface area contributed by atoms with E-state index in [1.54, 1.807) is 18.2 Å². The molecule has 132 valence electrons. The topological polar surface area (TPSA) is 53.6 Å². The molecular weight excluding hydrogens is 309 g/mol. The molecule has 0 saturated carbocycles. The summed E-state index contributed by atoms with van der Waals surface area (Å²) in [5, 5.41) is 6.40. The molecule has 1 aromatic rings. The summed E-state index contributed by atoms with van der Waals surface area (Å²) in [5.41, 5.74) is 0.443. The lowest BCUT2D eigenvalue weighted by molar-refractivity contribution is -0.128. The van der Waals surface area contributed by atoms with Crippen LogP contribution in [0.3, 0.4) is 0 Å². The minimum absolute atomic E-state index is 0.118. The lowest BCUT2D eigenvalue weighted by Gasteiger charge is -2.34. The zero-order valence-electron chi connectivity index (χ0n) is 14.0. The molecule has 2 aliphatic heterocycles. The summed E-state index contributed by atoms with van der Waals surface area (Å²) in [6, 6.07) is 5.97. The summed E-state index contributed by atoms with van der Waals surface area (Å²) < 4.78 is 19.7. The third-order valence-corrected chi connectivity index (χ3v) is 4.82. The molecule has 2 atom stereocenters. The van der Waals surface area contributed by atoms with Crippen molar-refractivity contribution in [3.8, 4) is 0 Å². The number of rotatable bonds is 5. The van der Waals surface area contributed by atoms with Gasteiger partial charge in [-0.05, 0) is 37.9 Å². The fourth-order valence-corrected chi connectivity index (χ4v) is 3.48. The highest BCUT2D eigenvalue weighted by Crippen LogP contribution is 2.25. The van der Waals surface area contributed by atoms with Crippen molar-refractivity contribution in [2.75, 3.05) is 45.9 Å². The van der Waals surface area contributed by atoms with Crippen LogP contribution in [0.25, 0.3) is 0 Å². The van der Waals surface area contributed by atoms with Crippen molar-refractivity contribution in [2.24, 2.45) is 5.92 Å². The number of amides is 1. The molecule has 2 unspecified atom stereocenters. The van der Waals surface area contributed by atoms with Gasteiger partial charge in [0.2, 0.25) is 5.91 Å². The van der Waals surface area contributed by atoms with Crippen molar-refractivity contribution in [3.63, 3.8) is 0 Å². The van der Waals surface area contributed by atoms with Gasteiger partial charge in [0.15, 0.2) is 0 Å². The Balaban J connectivity index is 1.70. The van der Waals surface area contributed by atoms with E-state index in [0.717, 1.165) is 25.9 Å². The molecule has 24 heavy (non-hydrogen) atoms. The summed E-state index contributed by atoms with van der Waals surface area (Å²) in [6.07, 6.45) is 2.26. The Labute approximate surface area is 142 Å². The Kier molecular flexibility index (Phi) is 6.18. The number of nitrogens with zero attached hydrogens (tertiary/aromatic N) is 1. The minimum atomic E-state index is -0.591. The van der Waals surface area contributed by atoms with Gasteiger partial charge in [-0.25, -0.2) is 4.39 Å². The van der Waals surface area contributed by atoms with Crippen molar-refractivity contribution >= 4 is 5.91 Å². The van der Waals surface area contributed by atoms with Crippen LogP contribution in [0.2, 0.25) is 0 Å². The van der Waals surface area contributed by atoms with Crippen LogP contribution in [-0.2, 0) is 9.53 Å². The highest BCUT2D eigenvalue weighted by Gasteiger charge is 2.31. The van der Waals surface area contributed by atoms with Gasteiger partial charge >= 0.3 is 0 Å². The summed E-state index contributed by atoms with van der Waals surface area (Å²) >= 11 is 0. The zero-order chi connectivity index (χ0) is 16.8. The predicted octanol–water partition coefficient (Wildman–Crippen LogP) is 1.31. The summed E-state index contributed by atoms with van der Waals surface area (Å²) in [4.78, 5) is 14.9. The van der Waals surface area contributed by atoms with E-state index in [-0.39, 0.29) is 11.7 Å². The van der Waals surface area contributed by atoms with Crippen molar-refractivity contribution in [3.05, 3.63) is 35.6 Å². The Bertz CT molecular complexity index is 543. The number of hydrogen-bond acceptors (Lipinski definition) is 4. The Hall–Kier alpha value is -1.50. The van der Waals surface area contributed by atoms with Gasteiger partial charge in [-0.1, -0.05) is 18.2 Å². The van der Waals surface area contributed by atoms with Gasteiger partial charge in [0, 0.05) is 25.2 Å². The summed E-state index contributed by atoms with van der Waals surface area (Å²) in [5.74, 6) is 0.00436. The van der Waals surface area contributed by atoms with E-state index in [1.807, 2.05) is 4.90 Å². The van der Waals surface area contributed by atoms with Crippen LogP contribution in [0, 0.1) is 11.7 Å². The van der Waals surface area contributed by atoms with Crippen LogP contribution in [-0.4, -0.2) is 56.7 Å². The lowest BCUT2D eigenvalue weighted by atomic mass is 9.98. The van der Waals surface area contributed by atoms with Gasteiger partial charge in [-0.3, -0.25) is 9.69 Å². The van der Waals surface area contributed by atoms with Crippen molar-refractivity contribution in [1.29, 1.82) is 0 Å². The predicted molar refractivity (Wildman–Crippen MR) is 90.1 cm³/mol. The van der Waals surface area contributed by atoms with Crippen LogP contribution >= 0.6 is 0 Å². The number of nitrogens with one attached hydrogen (secondary N) is 2. The SMILES string of the molecule is O=C(NCC1CCCNC1)C(c1ccccc1F)N1CCOCC1. The van der Waals surface area contributed by atoms with E-state index >= 15 is 0 Å². The first-order valence-corrected chi connectivity index (χ1v) is 8.80. The molecular formula is C18H26FN3O2. The lowest BCUT2D eigenvalue weighted by Crippen LogP contribution is -2.47. The highest BCUT2D eigenvalue weighted by atomic mass is 19.1. The Morgan fingerprint density at radius 1 is 1.38 bits per heavy atom. The van der Waals surface area contributed by atoms with Gasteiger partial charge in [0.05, 0.1) is 13.2 Å². The second-order valence-electron chi connectivity index (χ2n) is 6.53. The summed E-state index contributed by atoms with van der Waals surface area (Å²) in [7, 11) is 0. The molecule has 0 aliphatic carbocycles. The van der Waals surface area contributed by atoms with Gasteiger partial charge in [0.1, 0.15) is 11.9 Å². The standard InChI is InChI=1S/C18H26FN3O2/c19-16-6-2-1-5-15(16)17(22-8-10-24-11-9-22)18(23)21-13-14-4-3-7-20-12-14/h1-2,5-6,14,17,20H,3-4,7-13H2,(H,21,23). The van der Waals surface area contributed by atoms with Crippen LogP contribution in [0.1, 0.15) is 24.4 Å². The quantitative estimate of drug-likeness (QED) is 0.852. The molecule has 2 N–H and O–H groups in total. The normalized spacial score (nSPS) is 23.6. The molecule has 2 fully saturated rings. The van der Waals surface area contributed by atoms with Gasteiger partial charge in [-0.15, -0.1) is 0 Å². The van der Waals surface area contributed by atoms with Crippen molar-refractivity contribution < 1.29 is 13.9 Å². The number of ether oxygens (including phenoxy) is 1. The zero-order valence-corrected chi connectivity index (χ0v) is 14.0. The third-order valence-electron chi connectivity index (χ3n) is 4.82. The number of carbonyl (C=O) groups excluding carboxylic acids is 1. The van der Waals surface area contributed by atoms with Crippen molar-refractivity contribution in [1.82, 2.24) is 15.5 Å². The molecule has 1 aromatic carbocycles. The van der Waals surface area contributed by atoms with Gasteiger partial charge in [-0.2, -0.15) is 0 Å². The van der Waals surface area contributed by atoms with E-state index in [4.69, 9.17) is 4.74 Å². The number of morpholine rings is 1. The smallest absolute Gasteiger partial charge is 0.242 e. The third kappa shape index (κ3) is 4.32. The van der Waals surface area contributed by atoms with Crippen LogP contribution in [0.4, 0.5) is 4.39 Å². The Morgan fingerprint density at radius 2 is 2.17 bits per heavy atom. The largest absolute Gasteiger partial charge is 0.379 e. The maximum atomic E-state index is 14.3. The Morgan fingerprint density at radius 3 is 2.88 bits per heavy atom. The molecule has 2 aliphatic rings. The average molecular weight is 335 g/mol. The van der Waals surface area contributed by atoms with E-state index in [2.05, 4.69) is 10.6 Å². The van der Waals surface area contributed by atoms with E-state index < -0.39 is 6.04 Å². The molecule has 0 bridgehead atoms. The van der Waals surface area contributed by atoms with E-state index in [9.17, 15) is 9.18 Å². The maximum absolute atomic E-state index is 14.3. The molecule has 2 saturated heterocycles.